The van der Waals surface area contributed by atoms with Crippen LogP contribution in [0.1, 0.15) is 40.0 Å². The topological polar surface area (TPSA) is 48.4 Å². The molecule has 1 saturated heterocycles. The van der Waals surface area contributed by atoms with Crippen LogP contribution in [-0.4, -0.2) is 72.5 Å². The summed E-state index contributed by atoms with van der Waals surface area (Å²) in [4.78, 5) is 23.2. The van der Waals surface area contributed by atoms with Crippen LogP contribution in [0.5, 0.6) is 0 Å². The maximum Gasteiger partial charge on any atom is 0.411 e. The molecule has 0 spiro atoms. The fourth-order valence-corrected chi connectivity index (χ4v) is 3.71. The first-order chi connectivity index (χ1) is 11.1. The minimum atomic E-state index is -0.482. The van der Waals surface area contributed by atoms with Gasteiger partial charge < -0.3 is 14.5 Å². The lowest BCUT2D eigenvalue weighted by Crippen LogP contribution is -2.53. The average Bonchev–Trinajstić information content (AvgIpc) is 3.05. The molecule has 2 fully saturated rings. The van der Waals surface area contributed by atoms with Crippen molar-refractivity contribution in [3.63, 3.8) is 0 Å². The Morgan fingerprint density at radius 3 is 2.42 bits per heavy atom. The van der Waals surface area contributed by atoms with Crippen molar-refractivity contribution in [2.45, 2.75) is 57.7 Å². The summed E-state index contributed by atoms with van der Waals surface area (Å²) in [6, 6.07) is 0.276. The number of piperidine rings is 1. The number of ether oxygens (including phenoxy) is 1. The second-order valence-corrected chi connectivity index (χ2v) is 8.01. The van der Waals surface area contributed by atoms with Crippen LogP contribution in [0.4, 0.5) is 4.79 Å². The summed E-state index contributed by atoms with van der Waals surface area (Å²) in [5, 5.41) is 0. The van der Waals surface area contributed by atoms with E-state index in [1.54, 1.807) is 7.05 Å². The second-order valence-electron chi connectivity index (χ2n) is 8.01. The Hall–Kier alpha value is -1.72. The lowest BCUT2D eigenvalue weighted by atomic mass is 9.97. The van der Waals surface area contributed by atoms with Crippen molar-refractivity contribution in [3.05, 3.63) is 12.4 Å². The van der Waals surface area contributed by atoms with E-state index >= 15 is 0 Å². The Morgan fingerprint density at radius 2 is 1.88 bits per heavy atom. The molecule has 136 valence electrons. The summed E-state index contributed by atoms with van der Waals surface area (Å²) < 4.78 is 5.66. The highest BCUT2D eigenvalue weighted by Gasteiger charge is 2.51. The molecule has 2 bridgehead atoms. The highest BCUT2D eigenvalue weighted by atomic mass is 16.6. The summed E-state index contributed by atoms with van der Waals surface area (Å²) in [5.74, 6) is 1.39. The van der Waals surface area contributed by atoms with Crippen LogP contribution >= 0.6 is 0 Å². The molecule has 1 aliphatic carbocycles. The van der Waals surface area contributed by atoms with Gasteiger partial charge in [-0.1, -0.05) is 0 Å². The van der Waals surface area contributed by atoms with E-state index in [-0.39, 0.29) is 18.2 Å². The van der Waals surface area contributed by atoms with Crippen molar-refractivity contribution in [2.24, 2.45) is 10.9 Å². The Balaban J connectivity index is 2.23. The number of amidine groups is 1. The van der Waals surface area contributed by atoms with Crippen LogP contribution in [0.2, 0.25) is 0 Å². The Kier molecular flexibility index (Phi) is 5.45. The number of nitrogens with zero attached hydrogens (tertiary/aromatic N) is 4. The van der Waals surface area contributed by atoms with Crippen molar-refractivity contribution >= 4 is 11.9 Å². The van der Waals surface area contributed by atoms with Gasteiger partial charge >= 0.3 is 6.09 Å². The minimum absolute atomic E-state index is 0.000382. The molecule has 1 heterocycles. The molecule has 1 aliphatic heterocycles. The van der Waals surface area contributed by atoms with Crippen LogP contribution in [-0.2, 0) is 4.74 Å². The fraction of sp³-hybridized carbons (Fsp3) is 0.778. The summed E-state index contributed by atoms with van der Waals surface area (Å²) in [6.07, 6.45) is 7.02. The molecule has 3 atom stereocenters. The maximum atomic E-state index is 12.8. The third kappa shape index (κ3) is 4.02. The van der Waals surface area contributed by atoms with Crippen LogP contribution in [0.3, 0.4) is 0 Å². The maximum absolute atomic E-state index is 12.8. The van der Waals surface area contributed by atoms with Gasteiger partial charge in [0.05, 0.1) is 6.04 Å². The highest BCUT2D eigenvalue weighted by Crippen LogP contribution is 2.44. The van der Waals surface area contributed by atoms with Crippen LogP contribution in [0.15, 0.2) is 17.4 Å². The molecule has 6 nitrogen and oxygen atoms in total. The van der Waals surface area contributed by atoms with E-state index in [4.69, 9.17) is 4.74 Å². The highest BCUT2D eigenvalue weighted by molar-refractivity contribution is 5.92. The minimum Gasteiger partial charge on any atom is -0.444 e. The van der Waals surface area contributed by atoms with Crippen molar-refractivity contribution in [2.75, 3.05) is 28.2 Å². The number of likely N-dealkylation sites (N-methyl/N-ethyl adjacent to an activating group) is 1. The van der Waals surface area contributed by atoms with Crippen LogP contribution in [0.25, 0.3) is 0 Å². The summed E-state index contributed by atoms with van der Waals surface area (Å²) in [7, 11) is 7.76. The normalized spacial score (nSPS) is 27.0. The van der Waals surface area contributed by atoms with Crippen LogP contribution in [0, 0.1) is 5.92 Å². The zero-order valence-electron chi connectivity index (χ0n) is 16.1. The van der Waals surface area contributed by atoms with Crippen molar-refractivity contribution < 1.29 is 9.53 Å². The van der Waals surface area contributed by atoms with E-state index in [2.05, 4.69) is 4.99 Å². The third-order valence-electron chi connectivity index (χ3n) is 4.63. The number of hydrogen-bond acceptors (Lipinski definition) is 4. The zero-order valence-corrected chi connectivity index (χ0v) is 16.1. The first-order valence-corrected chi connectivity index (χ1v) is 8.69. The van der Waals surface area contributed by atoms with E-state index < -0.39 is 5.60 Å². The molecule has 1 amide bonds. The monoisotopic (exact) mass is 336 g/mol. The molecular formula is C18H32N4O2. The van der Waals surface area contributed by atoms with Gasteiger partial charge in [0.25, 0.3) is 0 Å². The van der Waals surface area contributed by atoms with E-state index in [0.29, 0.717) is 5.92 Å². The van der Waals surface area contributed by atoms with Gasteiger partial charge in [0.1, 0.15) is 11.4 Å². The molecule has 0 aromatic heterocycles. The fourth-order valence-electron chi connectivity index (χ4n) is 3.71. The van der Waals surface area contributed by atoms with Gasteiger partial charge in [-0.2, -0.15) is 0 Å². The largest absolute Gasteiger partial charge is 0.444 e. The van der Waals surface area contributed by atoms with E-state index in [0.717, 1.165) is 25.1 Å². The summed E-state index contributed by atoms with van der Waals surface area (Å²) in [5.41, 5.74) is -0.482. The molecule has 0 aromatic rings. The van der Waals surface area contributed by atoms with E-state index in [1.165, 1.54) is 0 Å². The number of likely N-dealkylation sites (tertiary alicyclic amines) is 1. The van der Waals surface area contributed by atoms with Gasteiger partial charge in [-0.3, -0.25) is 9.89 Å². The van der Waals surface area contributed by atoms with Crippen molar-refractivity contribution in [1.29, 1.82) is 0 Å². The Bertz CT molecular complexity index is 522. The summed E-state index contributed by atoms with van der Waals surface area (Å²) in [6.45, 7) is 5.74. The van der Waals surface area contributed by atoms with Gasteiger partial charge in [-0.15, -0.1) is 0 Å². The number of amides is 1. The lowest BCUT2D eigenvalue weighted by molar-refractivity contribution is 0.0136. The molecule has 1 saturated carbocycles. The second kappa shape index (κ2) is 7.03. The third-order valence-corrected chi connectivity index (χ3v) is 4.63. The van der Waals surface area contributed by atoms with Gasteiger partial charge in [0.2, 0.25) is 0 Å². The predicted molar refractivity (Wildman–Crippen MR) is 96.9 cm³/mol. The number of carbonyl (C=O) groups excluding carboxylic acids is 1. The number of carbonyl (C=O) groups is 1. The van der Waals surface area contributed by atoms with Gasteiger partial charge in [0, 0.05) is 46.6 Å². The molecule has 2 rings (SSSR count). The molecule has 6 heteroatoms. The standard InChI is InChI=1S/C18H32N4O2/c1-18(2,3)24-17(23)22-14-9-8-13(12-14)15(22)16(19-4)21(7)11-10-20(5)6/h10-11,13-15H,8-9,12H2,1-7H3/b11-10-,19-16-/t13-,14+,15-/m0/s1. The van der Waals surface area contributed by atoms with Gasteiger partial charge in [-0.05, 0) is 46.0 Å². The zero-order chi connectivity index (χ0) is 18.1. The number of fused-ring (bicyclic) bond motifs is 2. The molecule has 2 aliphatic rings. The van der Waals surface area contributed by atoms with Crippen LogP contribution < -0.4 is 0 Å². The molecule has 0 N–H and O–H groups in total. The average molecular weight is 336 g/mol. The van der Waals surface area contributed by atoms with Crippen molar-refractivity contribution in [1.82, 2.24) is 14.7 Å². The van der Waals surface area contributed by atoms with Gasteiger partial charge in [-0.25, -0.2) is 4.79 Å². The smallest absolute Gasteiger partial charge is 0.411 e. The molecule has 0 unspecified atom stereocenters. The first-order valence-electron chi connectivity index (χ1n) is 8.69. The van der Waals surface area contributed by atoms with Gasteiger partial charge in [0.15, 0.2) is 0 Å². The number of aliphatic imine (C=N–C) groups is 1. The quantitative estimate of drug-likeness (QED) is 0.587. The SMILES string of the molecule is C/N=C(/[C@@H]1[C@H]2CC[C@H](C2)N1C(=O)OC(C)(C)C)N(C)/C=C\N(C)C. The lowest BCUT2D eigenvalue weighted by Gasteiger charge is -2.38. The number of hydrogen-bond donors (Lipinski definition) is 0. The summed E-state index contributed by atoms with van der Waals surface area (Å²) >= 11 is 0. The Morgan fingerprint density at radius 1 is 1.21 bits per heavy atom. The molecule has 0 radical (unpaired) electrons. The predicted octanol–water partition coefficient (Wildman–Crippen LogP) is 2.77. The van der Waals surface area contributed by atoms with E-state index in [9.17, 15) is 4.79 Å². The Labute approximate surface area is 146 Å². The molecular weight excluding hydrogens is 304 g/mol. The van der Waals surface area contributed by atoms with Crippen molar-refractivity contribution in [3.8, 4) is 0 Å². The molecule has 24 heavy (non-hydrogen) atoms. The first kappa shape index (κ1) is 18.6. The van der Waals surface area contributed by atoms with E-state index in [1.807, 2.05) is 69.0 Å². The number of rotatable bonds is 3. The molecule has 0 aromatic carbocycles.